The average molecular weight is 295 g/mol. The van der Waals surface area contributed by atoms with Crippen LogP contribution in [0.1, 0.15) is 5.69 Å². The molecule has 0 saturated carbocycles. The van der Waals surface area contributed by atoms with Gasteiger partial charge in [-0.05, 0) is 18.2 Å². The van der Waals surface area contributed by atoms with Crippen LogP contribution in [0, 0.1) is 0 Å². The first-order valence-corrected chi connectivity index (χ1v) is 7.40. The summed E-state index contributed by atoms with van der Waals surface area (Å²) in [6.45, 7) is 0.482. The van der Waals surface area contributed by atoms with Gasteiger partial charge in [0.25, 0.3) is 0 Å². The zero-order valence-electron chi connectivity index (χ0n) is 11.3. The lowest BCUT2D eigenvalue weighted by atomic mass is 10.2. The van der Waals surface area contributed by atoms with Gasteiger partial charge in [0, 0.05) is 20.3 Å². The quantitative estimate of drug-likeness (QED) is 0.710. The molecule has 4 N–H and O–H groups in total. The minimum atomic E-state index is -3.55. The standard InChI is InChI=1S/C12H17N5O2S/c1-17(2)20(18,19)11-5-3-4-10(12(11)13)14-8-9-6-7-15-16-9/h3-7,14H,8,13H2,1-2H3,(H,15,16). The molecule has 0 atom stereocenters. The Bertz CT molecular complexity index is 680. The van der Waals surface area contributed by atoms with E-state index in [1.165, 1.54) is 20.2 Å². The predicted molar refractivity (Wildman–Crippen MR) is 77.6 cm³/mol. The number of nitrogens with two attached hydrogens (primary N) is 1. The highest BCUT2D eigenvalue weighted by molar-refractivity contribution is 7.89. The van der Waals surface area contributed by atoms with Crippen molar-refractivity contribution in [2.45, 2.75) is 11.4 Å². The third-order valence-electron chi connectivity index (χ3n) is 2.85. The fraction of sp³-hybridized carbons (Fsp3) is 0.250. The monoisotopic (exact) mass is 295 g/mol. The molecule has 108 valence electrons. The number of rotatable bonds is 5. The van der Waals surface area contributed by atoms with Crippen molar-refractivity contribution < 1.29 is 8.42 Å². The number of benzene rings is 1. The summed E-state index contributed by atoms with van der Waals surface area (Å²) in [4.78, 5) is 0.0945. The molecule has 20 heavy (non-hydrogen) atoms. The first-order valence-electron chi connectivity index (χ1n) is 5.96. The summed E-state index contributed by atoms with van der Waals surface area (Å²) in [6, 6.07) is 6.71. The van der Waals surface area contributed by atoms with Crippen LogP contribution in [0.25, 0.3) is 0 Å². The highest BCUT2D eigenvalue weighted by Crippen LogP contribution is 2.28. The van der Waals surface area contributed by atoms with Crippen LogP contribution in [-0.2, 0) is 16.6 Å². The number of aromatic amines is 1. The lowest BCUT2D eigenvalue weighted by Gasteiger charge is -2.16. The fourth-order valence-electron chi connectivity index (χ4n) is 1.69. The van der Waals surface area contributed by atoms with E-state index in [0.29, 0.717) is 12.2 Å². The van der Waals surface area contributed by atoms with Gasteiger partial charge >= 0.3 is 0 Å². The number of H-pyrrole nitrogens is 1. The summed E-state index contributed by atoms with van der Waals surface area (Å²) >= 11 is 0. The van der Waals surface area contributed by atoms with Crippen LogP contribution in [0.2, 0.25) is 0 Å². The highest BCUT2D eigenvalue weighted by atomic mass is 32.2. The largest absolute Gasteiger partial charge is 0.396 e. The molecule has 0 saturated heterocycles. The number of nitrogen functional groups attached to an aromatic ring is 1. The second kappa shape index (κ2) is 5.51. The maximum atomic E-state index is 12.1. The summed E-state index contributed by atoms with van der Waals surface area (Å²) in [5.74, 6) is 0. The normalized spacial score (nSPS) is 11.8. The van der Waals surface area contributed by atoms with Gasteiger partial charge in [0.15, 0.2) is 0 Å². The van der Waals surface area contributed by atoms with E-state index in [4.69, 9.17) is 5.73 Å². The Labute approximate surface area is 117 Å². The Morgan fingerprint density at radius 1 is 1.35 bits per heavy atom. The summed E-state index contributed by atoms with van der Waals surface area (Å²) in [5.41, 5.74) is 7.61. The van der Waals surface area contributed by atoms with Crippen molar-refractivity contribution in [2.24, 2.45) is 0 Å². The van der Waals surface area contributed by atoms with Crippen LogP contribution in [0.4, 0.5) is 11.4 Å². The number of anilines is 2. The summed E-state index contributed by atoms with van der Waals surface area (Å²) in [6.07, 6.45) is 1.65. The van der Waals surface area contributed by atoms with E-state index in [9.17, 15) is 8.42 Å². The van der Waals surface area contributed by atoms with Crippen LogP contribution in [-0.4, -0.2) is 37.0 Å². The van der Waals surface area contributed by atoms with Crippen molar-refractivity contribution in [3.8, 4) is 0 Å². The van der Waals surface area contributed by atoms with Crippen molar-refractivity contribution in [1.29, 1.82) is 0 Å². The van der Waals surface area contributed by atoms with Gasteiger partial charge in [-0.15, -0.1) is 0 Å². The third kappa shape index (κ3) is 2.75. The van der Waals surface area contributed by atoms with E-state index in [0.717, 1.165) is 10.00 Å². The molecule has 0 radical (unpaired) electrons. The first-order chi connectivity index (χ1) is 9.43. The molecule has 0 fully saturated rings. The summed E-state index contributed by atoms with van der Waals surface area (Å²) in [5, 5.41) is 9.74. The first kappa shape index (κ1) is 14.4. The molecule has 2 rings (SSSR count). The minimum absolute atomic E-state index is 0.0945. The minimum Gasteiger partial charge on any atom is -0.396 e. The fourth-order valence-corrected chi connectivity index (χ4v) is 2.73. The van der Waals surface area contributed by atoms with Gasteiger partial charge in [-0.25, -0.2) is 12.7 Å². The molecule has 2 aromatic rings. The molecule has 1 aromatic heterocycles. The zero-order valence-corrected chi connectivity index (χ0v) is 12.1. The van der Waals surface area contributed by atoms with E-state index >= 15 is 0 Å². The molecule has 8 heteroatoms. The van der Waals surface area contributed by atoms with E-state index in [-0.39, 0.29) is 10.6 Å². The Balaban J connectivity index is 2.28. The number of nitrogens with zero attached hydrogens (tertiary/aromatic N) is 2. The number of aromatic nitrogens is 2. The van der Waals surface area contributed by atoms with Crippen molar-refractivity contribution in [3.63, 3.8) is 0 Å². The van der Waals surface area contributed by atoms with Gasteiger partial charge in [0.1, 0.15) is 4.90 Å². The van der Waals surface area contributed by atoms with Crippen molar-refractivity contribution in [3.05, 3.63) is 36.2 Å². The zero-order chi connectivity index (χ0) is 14.8. The molecule has 0 unspecified atom stereocenters. The lowest BCUT2D eigenvalue weighted by molar-refractivity contribution is 0.521. The average Bonchev–Trinajstić information content (AvgIpc) is 2.90. The van der Waals surface area contributed by atoms with Crippen molar-refractivity contribution in [1.82, 2.24) is 14.5 Å². The summed E-state index contributed by atoms with van der Waals surface area (Å²) < 4.78 is 25.4. The van der Waals surface area contributed by atoms with E-state index in [2.05, 4.69) is 15.5 Å². The van der Waals surface area contributed by atoms with E-state index in [1.807, 2.05) is 6.07 Å². The second-order valence-electron chi connectivity index (χ2n) is 4.44. The number of nitrogens with one attached hydrogen (secondary N) is 2. The number of hydrogen-bond donors (Lipinski definition) is 3. The Morgan fingerprint density at radius 3 is 2.70 bits per heavy atom. The van der Waals surface area contributed by atoms with E-state index in [1.54, 1.807) is 18.3 Å². The van der Waals surface area contributed by atoms with Crippen LogP contribution in [0.3, 0.4) is 0 Å². The van der Waals surface area contributed by atoms with Gasteiger partial charge in [0.05, 0.1) is 23.6 Å². The van der Waals surface area contributed by atoms with Crippen LogP contribution >= 0.6 is 0 Å². The maximum Gasteiger partial charge on any atom is 0.244 e. The SMILES string of the molecule is CN(C)S(=O)(=O)c1cccc(NCc2ccn[nH]2)c1N. The number of sulfonamides is 1. The molecule has 0 spiro atoms. The Kier molecular flexibility index (Phi) is 3.96. The number of hydrogen-bond acceptors (Lipinski definition) is 5. The third-order valence-corrected chi connectivity index (χ3v) is 4.73. The topological polar surface area (TPSA) is 104 Å². The summed E-state index contributed by atoms with van der Waals surface area (Å²) in [7, 11) is -0.611. The highest BCUT2D eigenvalue weighted by Gasteiger charge is 2.21. The molecular weight excluding hydrogens is 278 g/mol. The van der Waals surface area contributed by atoms with Gasteiger partial charge in [-0.3, -0.25) is 5.10 Å². The molecule has 0 aliphatic heterocycles. The van der Waals surface area contributed by atoms with Gasteiger partial charge in [0.2, 0.25) is 10.0 Å². The molecule has 7 nitrogen and oxygen atoms in total. The predicted octanol–water partition coefficient (Wildman–Crippen LogP) is 0.854. The van der Waals surface area contributed by atoms with Gasteiger partial charge < -0.3 is 11.1 Å². The van der Waals surface area contributed by atoms with Crippen molar-refractivity contribution in [2.75, 3.05) is 25.1 Å². The van der Waals surface area contributed by atoms with Gasteiger partial charge in [-0.2, -0.15) is 5.10 Å². The van der Waals surface area contributed by atoms with Crippen LogP contribution in [0.15, 0.2) is 35.4 Å². The molecular formula is C12H17N5O2S. The molecule has 0 amide bonds. The lowest BCUT2D eigenvalue weighted by Crippen LogP contribution is -2.23. The van der Waals surface area contributed by atoms with E-state index < -0.39 is 10.0 Å². The molecule has 0 aliphatic rings. The van der Waals surface area contributed by atoms with Crippen molar-refractivity contribution >= 4 is 21.4 Å². The Hall–Kier alpha value is -2.06. The molecule has 1 aromatic carbocycles. The smallest absolute Gasteiger partial charge is 0.244 e. The Morgan fingerprint density at radius 2 is 2.10 bits per heavy atom. The van der Waals surface area contributed by atoms with Crippen LogP contribution < -0.4 is 11.1 Å². The molecule has 1 heterocycles. The maximum absolute atomic E-state index is 12.1. The van der Waals surface area contributed by atoms with Gasteiger partial charge in [-0.1, -0.05) is 6.07 Å². The molecule has 0 aliphatic carbocycles. The second-order valence-corrected chi connectivity index (χ2v) is 6.56. The number of para-hydroxylation sites is 1. The molecule has 0 bridgehead atoms. The van der Waals surface area contributed by atoms with Crippen LogP contribution in [0.5, 0.6) is 0 Å².